The molecule has 2 rings (SSSR count). The smallest absolute Gasteiger partial charge is 0.109 e. The topological polar surface area (TPSA) is 24.9 Å². The summed E-state index contributed by atoms with van der Waals surface area (Å²) in [4.78, 5) is 3.97. The van der Waals surface area contributed by atoms with Crippen LogP contribution in [0.25, 0.3) is 0 Å². The highest BCUT2D eigenvalue weighted by Crippen LogP contribution is 2.23. The third-order valence-corrected chi connectivity index (χ3v) is 2.26. The molecular formula is C10H13FN2. The van der Waals surface area contributed by atoms with Crippen LogP contribution in [0.3, 0.4) is 0 Å². The summed E-state index contributed by atoms with van der Waals surface area (Å²) in [6, 6.07) is 4.11. The van der Waals surface area contributed by atoms with Crippen molar-refractivity contribution >= 4 is 0 Å². The van der Waals surface area contributed by atoms with Crippen LogP contribution in [0.2, 0.25) is 0 Å². The average Bonchev–Trinajstić information content (AvgIpc) is 2.99. The van der Waals surface area contributed by atoms with Gasteiger partial charge in [0.15, 0.2) is 0 Å². The number of alkyl halides is 1. The Balaban J connectivity index is 2.02. The lowest BCUT2D eigenvalue weighted by molar-refractivity contribution is 0.379. The van der Waals surface area contributed by atoms with Gasteiger partial charge in [0.05, 0.1) is 6.04 Å². The zero-order valence-corrected chi connectivity index (χ0v) is 7.41. The Bertz CT molecular complexity index is 259. The molecule has 0 bridgehead atoms. The van der Waals surface area contributed by atoms with Crippen LogP contribution in [0.1, 0.15) is 24.4 Å². The lowest BCUT2D eigenvalue weighted by atomic mass is 10.1. The highest BCUT2D eigenvalue weighted by Gasteiger charge is 2.25. The fourth-order valence-electron chi connectivity index (χ4n) is 1.35. The first-order valence-corrected chi connectivity index (χ1v) is 4.62. The Labute approximate surface area is 77.2 Å². The lowest BCUT2D eigenvalue weighted by Crippen LogP contribution is -2.24. The van der Waals surface area contributed by atoms with E-state index in [-0.39, 0.29) is 12.7 Å². The molecule has 1 aromatic heterocycles. The first-order valence-electron chi connectivity index (χ1n) is 4.62. The largest absolute Gasteiger partial charge is 0.305 e. The maximum Gasteiger partial charge on any atom is 0.109 e. The first-order chi connectivity index (χ1) is 6.40. The summed E-state index contributed by atoms with van der Waals surface area (Å²) in [7, 11) is 0. The van der Waals surface area contributed by atoms with Crippen molar-refractivity contribution in [1.29, 1.82) is 0 Å². The van der Waals surface area contributed by atoms with E-state index < -0.39 is 0 Å². The normalized spacial score (nSPS) is 18.5. The Kier molecular flexibility index (Phi) is 2.54. The molecule has 0 aromatic carbocycles. The molecule has 1 aromatic rings. The van der Waals surface area contributed by atoms with E-state index in [1.165, 1.54) is 12.8 Å². The van der Waals surface area contributed by atoms with Gasteiger partial charge in [0.2, 0.25) is 0 Å². The van der Waals surface area contributed by atoms with E-state index in [1.54, 1.807) is 12.4 Å². The summed E-state index contributed by atoms with van der Waals surface area (Å²) in [5.41, 5.74) is 0.942. The summed E-state index contributed by atoms with van der Waals surface area (Å²) in [5.74, 6) is 0. The summed E-state index contributed by atoms with van der Waals surface area (Å²) >= 11 is 0. The summed E-state index contributed by atoms with van der Waals surface area (Å²) in [5, 5.41) is 3.24. The minimum absolute atomic E-state index is 0.166. The number of hydrogen-bond acceptors (Lipinski definition) is 2. The monoisotopic (exact) mass is 180 g/mol. The second-order valence-electron chi connectivity index (χ2n) is 3.43. The number of rotatable bonds is 4. The molecule has 0 spiro atoms. The van der Waals surface area contributed by atoms with Crippen molar-refractivity contribution < 1.29 is 4.39 Å². The van der Waals surface area contributed by atoms with Crippen molar-refractivity contribution in [2.24, 2.45) is 0 Å². The molecule has 1 aliphatic carbocycles. The molecular weight excluding hydrogens is 167 g/mol. The van der Waals surface area contributed by atoms with E-state index in [2.05, 4.69) is 10.3 Å². The van der Waals surface area contributed by atoms with Crippen LogP contribution in [0.4, 0.5) is 4.39 Å². The third kappa shape index (κ3) is 2.25. The molecule has 0 amide bonds. The fourth-order valence-corrected chi connectivity index (χ4v) is 1.35. The predicted octanol–water partition coefficient (Wildman–Crippen LogP) is 1.84. The van der Waals surface area contributed by atoms with E-state index in [0.29, 0.717) is 6.04 Å². The number of halogens is 1. The predicted molar refractivity (Wildman–Crippen MR) is 49.1 cm³/mol. The van der Waals surface area contributed by atoms with Crippen molar-refractivity contribution in [3.05, 3.63) is 30.1 Å². The Hall–Kier alpha value is -0.960. The van der Waals surface area contributed by atoms with E-state index in [0.717, 1.165) is 5.56 Å². The van der Waals surface area contributed by atoms with Crippen molar-refractivity contribution in [2.45, 2.75) is 24.9 Å². The summed E-state index contributed by atoms with van der Waals surface area (Å²) in [6.07, 6.45) is 5.78. The zero-order valence-electron chi connectivity index (χ0n) is 7.41. The molecule has 3 heteroatoms. The minimum atomic E-state index is -0.359. The molecule has 1 unspecified atom stereocenters. The number of hydrogen-bond donors (Lipinski definition) is 1. The number of pyridine rings is 1. The summed E-state index contributed by atoms with van der Waals surface area (Å²) in [6.45, 7) is -0.359. The van der Waals surface area contributed by atoms with E-state index in [4.69, 9.17) is 0 Å². The maximum atomic E-state index is 12.6. The maximum absolute atomic E-state index is 12.6. The quantitative estimate of drug-likeness (QED) is 0.764. The van der Waals surface area contributed by atoms with Gasteiger partial charge in [0.25, 0.3) is 0 Å². The average molecular weight is 180 g/mol. The third-order valence-electron chi connectivity index (χ3n) is 2.26. The first kappa shape index (κ1) is 8.63. The molecule has 1 aliphatic rings. The van der Waals surface area contributed by atoms with E-state index >= 15 is 0 Å². The Morgan fingerprint density at radius 1 is 1.62 bits per heavy atom. The zero-order chi connectivity index (χ0) is 9.10. The molecule has 2 nitrogen and oxygen atoms in total. The Morgan fingerprint density at radius 3 is 3.00 bits per heavy atom. The molecule has 1 heterocycles. The van der Waals surface area contributed by atoms with Crippen LogP contribution in [-0.4, -0.2) is 17.7 Å². The van der Waals surface area contributed by atoms with Gasteiger partial charge < -0.3 is 5.32 Å². The van der Waals surface area contributed by atoms with Gasteiger partial charge in [-0.2, -0.15) is 0 Å². The van der Waals surface area contributed by atoms with Gasteiger partial charge in [0.1, 0.15) is 6.67 Å². The standard InChI is InChI=1S/C10H13FN2/c11-6-10(13-9-3-4-9)8-2-1-5-12-7-8/h1-2,5,7,9-10,13H,3-4,6H2. The van der Waals surface area contributed by atoms with Gasteiger partial charge in [-0.1, -0.05) is 6.07 Å². The van der Waals surface area contributed by atoms with Gasteiger partial charge in [-0.25, -0.2) is 4.39 Å². The molecule has 0 saturated heterocycles. The van der Waals surface area contributed by atoms with Gasteiger partial charge >= 0.3 is 0 Å². The highest BCUT2D eigenvalue weighted by molar-refractivity contribution is 5.14. The molecule has 1 N–H and O–H groups in total. The lowest BCUT2D eigenvalue weighted by Gasteiger charge is -2.14. The van der Waals surface area contributed by atoms with Crippen LogP contribution in [0.15, 0.2) is 24.5 Å². The number of nitrogens with zero attached hydrogens (tertiary/aromatic N) is 1. The molecule has 0 aliphatic heterocycles. The van der Waals surface area contributed by atoms with Gasteiger partial charge in [-0.05, 0) is 24.5 Å². The van der Waals surface area contributed by atoms with Crippen LogP contribution in [0.5, 0.6) is 0 Å². The van der Waals surface area contributed by atoms with Crippen LogP contribution >= 0.6 is 0 Å². The molecule has 1 saturated carbocycles. The second kappa shape index (κ2) is 3.83. The highest BCUT2D eigenvalue weighted by atomic mass is 19.1. The molecule has 0 radical (unpaired) electrons. The second-order valence-corrected chi connectivity index (χ2v) is 3.43. The van der Waals surface area contributed by atoms with Crippen LogP contribution < -0.4 is 5.32 Å². The summed E-state index contributed by atoms with van der Waals surface area (Å²) < 4.78 is 12.6. The van der Waals surface area contributed by atoms with Gasteiger partial charge in [-0.15, -0.1) is 0 Å². The number of aromatic nitrogens is 1. The van der Waals surface area contributed by atoms with Crippen molar-refractivity contribution in [1.82, 2.24) is 10.3 Å². The fraction of sp³-hybridized carbons (Fsp3) is 0.500. The van der Waals surface area contributed by atoms with E-state index in [9.17, 15) is 4.39 Å². The molecule has 1 fully saturated rings. The Morgan fingerprint density at radius 2 is 2.46 bits per heavy atom. The minimum Gasteiger partial charge on any atom is -0.305 e. The molecule has 70 valence electrons. The van der Waals surface area contributed by atoms with Gasteiger partial charge in [0, 0.05) is 18.4 Å². The van der Waals surface area contributed by atoms with Crippen molar-refractivity contribution in [2.75, 3.05) is 6.67 Å². The molecule has 13 heavy (non-hydrogen) atoms. The SMILES string of the molecule is FCC(NC1CC1)c1cccnc1. The van der Waals surface area contributed by atoms with Crippen molar-refractivity contribution in [3.63, 3.8) is 0 Å². The van der Waals surface area contributed by atoms with Crippen LogP contribution in [-0.2, 0) is 0 Å². The van der Waals surface area contributed by atoms with Crippen molar-refractivity contribution in [3.8, 4) is 0 Å². The number of nitrogens with one attached hydrogen (secondary N) is 1. The van der Waals surface area contributed by atoms with E-state index in [1.807, 2.05) is 12.1 Å². The van der Waals surface area contributed by atoms with Crippen LogP contribution in [0, 0.1) is 0 Å². The van der Waals surface area contributed by atoms with Gasteiger partial charge in [-0.3, -0.25) is 4.98 Å². The molecule has 1 atom stereocenters.